The van der Waals surface area contributed by atoms with Crippen LogP contribution in [0, 0.1) is 6.92 Å². The van der Waals surface area contributed by atoms with Gasteiger partial charge in [-0.1, -0.05) is 36.8 Å². The molecule has 1 N–H and O–H groups in total. The van der Waals surface area contributed by atoms with E-state index in [-0.39, 0.29) is 30.8 Å². The monoisotopic (exact) mass is 531 g/mol. The molecule has 2 amide bonds. The maximum atomic E-state index is 13.5. The third kappa shape index (κ3) is 9.39. The van der Waals surface area contributed by atoms with E-state index >= 15 is 0 Å². The van der Waals surface area contributed by atoms with Crippen LogP contribution in [0.4, 0.5) is 5.69 Å². The van der Waals surface area contributed by atoms with E-state index < -0.39 is 16.1 Å². The molecule has 9 heteroatoms. The van der Waals surface area contributed by atoms with E-state index in [1.807, 2.05) is 58.9 Å². The Labute approximate surface area is 222 Å². The Morgan fingerprint density at radius 2 is 1.62 bits per heavy atom. The number of nitrogens with one attached hydrogen (secondary N) is 1. The van der Waals surface area contributed by atoms with Crippen molar-refractivity contribution in [3.05, 3.63) is 59.7 Å². The van der Waals surface area contributed by atoms with Crippen LogP contribution in [0.2, 0.25) is 0 Å². The summed E-state index contributed by atoms with van der Waals surface area (Å²) in [6.07, 6.45) is 2.04. The zero-order valence-corrected chi connectivity index (χ0v) is 23.7. The van der Waals surface area contributed by atoms with Gasteiger partial charge >= 0.3 is 0 Å². The van der Waals surface area contributed by atoms with Crippen molar-refractivity contribution in [1.82, 2.24) is 10.2 Å². The molecular formula is C28H41N3O5S. The fraction of sp³-hybridized carbons (Fsp3) is 0.500. The van der Waals surface area contributed by atoms with Crippen molar-refractivity contribution in [1.29, 1.82) is 0 Å². The molecular weight excluding hydrogens is 490 g/mol. The number of sulfonamides is 1. The van der Waals surface area contributed by atoms with Crippen LogP contribution in [0.1, 0.15) is 58.1 Å². The topological polar surface area (TPSA) is 96.0 Å². The van der Waals surface area contributed by atoms with Gasteiger partial charge in [-0.05, 0) is 70.4 Å². The van der Waals surface area contributed by atoms with Crippen molar-refractivity contribution in [2.24, 2.45) is 0 Å². The normalized spacial score (nSPS) is 12.2. The lowest BCUT2D eigenvalue weighted by atomic mass is 10.1. The Kier molecular flexibility index (Phi) is 11.4. The summed E-state index contributed by atoms with van der Waals surface area (Å²) >= 11 is 0. The quantitative estimate of drug-likeness (QED) is 0.393. The number of carbonyl (C=O) groups is 2. The molecule has 204 valence electrons. The first kappa shape index (κ1) is 30.2. The molecule has 0 saturated carbocycles. The highest BCUT2D eigenvalue weighted by molar-refractivity contribution is 7.92. The first-order valence-corrected chi connectivity index (χ1v) is 14.7. The van der Waals surface area contributed by atoms with Gasteiger partial charge in [0, 0.05) is 25.6 Å². The number of hydrogen-bond acceptors (Lipinski definition) is 5. The molecule has 2 aromatic rings. The van der Waals surface area contributed by atoms with Gasteiger partial charge in [0.2, 0.25) is 21.8 Å². The average molecular weight is 532 g/mol. The summed E-state index contributed by atoms with van der Waals surface area (Å²) in [7, 11) is -3.56. The van der Waals surface area contributed by atoms with Crippen LogP contribution in [-0.2, 0) is 26.2 Å². The predicted molar refractivity (Wildman–Crippen MR) is 148 cm³/mol. The maximum absolute atomic E-state index is 13.5. The van der Waals surface area contributed by atoms with E-state index in [9.17, 15) is 18.0 Å². The Balaban J connectivity index is 2.19. The smallest absolute Gasteiger partial charge is 0.243 e. The van der Waals surface area contributed by atoms with Gasteiger partial charge in [-0.15, -0.1) is 0 Å². The van der Waals surface area contributed by atoms with Gasteiger partial charge < -0.3 is 15.0 Å². The predicted octanol–water partition coefficient (Wildman–Crippen LogP) is 4.27. The van der Waals surface area contributed by atoms with Crippen molar-refractivity contribution in [3.8, 4) is 5.75 Å². The lowest BCUT2D eigenvalue weighted by Crippen LogP contribution is -2.50. The minimum atomic E-state index is -3.56. The first-order valence-electron chi connectivity index (χ1n) is 12.8. The number of aryl methyl sites for hydroxylation is 1. The third-order valence-electron chi connectivity index (χ3n) is 5.88. The lowest BCUT2D eigenvalue weighted by molar-refractivity contribution is -0.141. The van der Waals surface area contributed by atoms with Crippen LogP contribution in [0.15, 0.2) is 48.5 Å². The van der Waals surface area contributed by atoms with Gasteiger partial charge in [0.05, 0.1) is 18.6 Å². The first-order chi connectivity index (χ1) is 17.5. The second-order valence-corrected chi connectivity index (χ2v) is 11.4. The molecule has 1 unspecified atom stereocenters. The van der Waals surface area contributed by atoms with E-state index in [2.05, 4.69) is 5.32 Å². The summed E-state index contributed by atoms with van der Waals surface area (Å²) < 4.78 is 31.8. The number of nitrogens with zero attached hydrogens (tertiary/aromatic N) is 2. The molecule has 0 radical (unpaired) electrons. The molecule has 37 heavy (non-hydrogen) atoms. The Hall–Kier alpha value is -3.07. The zero-order chi connectivity index (χ0) is 27.6. The van der Waals surface area contributed by atoms with Crippen LogP contribution in [0.5, 0.6) is 5.75 Å². The van der Waals surface area contributed by atoms with E-state index in [4.69, 9.17) is 4.74 Å². The zero-order valence-electron chi connectivity index (χ0n) is 22.9. The minimum Gasteiger partial charge on any atom is -0.494 e. The van der Waals surface area contributed by atoms with Crippen LogP contribution in [-0.4, -0.2) is 56.6 Å². The van der Waals surface area contributed by atoms with Crippen molar-refractivity contribution in [2.45, 2.75) is 72.5 Å². The van der Waals surface area contributed by atoms with Crippen molar-refractivity contribution in [3.63, 3.8) is 0 Å². The number of amides is 2. The minimum absolute atomic E-state index is 0.0460. The summed E-state index contributed by atoms with van der Waals surface area (Å²) in [5, 5.41) is 2.92. The molecule has 0 aliphatic heterocycles. The molecule has 0 bridgehead atoms. The van der Waals surface area contributed by atoms with E-state index in [0.717, 1.165) is 17.4 Å². The number of hydrogen-bond donors (Lipinski definition) is 1. The molecule has 8 nitrogen and oxygen atoms in total. The second kappa shape index (κ2) is 14.0. The summed E-state index contributed by atoms with van der Waals surface area (Å²) in [5.41, 5.74) is 2.56. The third-order valence-corrected chi connectivity index (χ3v) is 7.07. The summed E-state index contributed by atoms with van der Waals surface area (Å²) in [6, 6.07) is 14.1. The van der Waals surface area contributed by atoms with Gasteiger partial charge in [-0.2, -0.15) is 0 Å². The van der Waals surface area contributed by atoms with Gasteiger partial charge in [0.1, 0.15) is 11.8 Å². The second-order valence-electron chi connectivity index (χ2n) is 9.46. The number of ether oxygens (including phenoxy) is 1. The summed E-state index contributed by atoms with van der Waals surface area (Å²) in [6.45, 7) is 10.5. The SMILES string of the molecule is CCOc1ccc(N(CCCC(=O)N(Cc2ccc(C)cc2)C(CC)C(=O)NC(C)C)S(C)(=O)=O)cc1. The highest BCUT2D eigenvalue weighted by Gasteiger charge is 2.29. The Morgan fingerprint density at radius 1 is 1.00 bits per heavy atom. The highest BCUT2D eigenvalue weighted by Crippen LogP contribution is 2.23. The largest absolute Gasteiger partial charge is 0.494 e. The maximum Gasteiger partial charge on any atom is 0.243 e. The van der Waals surface area contributed by atoms with Crippen LogP contribution >= 0.6 is 0 Å². The molecule has 0 aromatic heterocycles. The molecule has 0 aliphatic rings. The number of rotatable bonds is 14. The number of anilines is 1. The molecule has 0 spiro atoms. The van der Waals surface area contributed by atoms with Gasteiger partial charge in [0.15, 0.2) is 0 Å². The standard InChI is InChI=1S/C28H41N3O5S/c1-7-26(28(33)29-21(3)4)30(20-23-13-11-22(5)12-14-23)27(32)10-9-19-31(37(6,34)35)24-15-17-25(18-16-24)36-8-2/h11-18,21,26H,7-10,19-20H2,1-6H3,(H,29,33). The van der Waals surface area contributed by atoms with Crippen LogP contribution in [0.3, 0.4) is 0 Å². The molecule has 1 atom stereocenters. The van der Waals surface area contributed by atoms with Gasteiger partial charge in [-0.25, -0.2) is 8.42 Å². The molecule has 2 aromatic carbocycles. The van der Waals surface area contributed by atoms with E-state index in [0.29, 0.717) is 37.4 Å². The van der Waals surface area contributed by atoms with Gasteiger partial charge in [0.25, 0.3) is 0 Å². The van der Waals surface area contributed by atoms with Crippen molar-refractivity contribution < 1.29 is 22.7 Å². The summed E-state index contributed by atoms with van der Waals surface area (Å²) in [4.78, 5) is 28.0. The highest BCUT2D eigenvalue weighted by atomic mass is 32.2. The molecule has 0 heterocycles. The lowest BCUT2D eigenvalue weighted by Gasteiger charge is -2.31. The Morgan fingerprint density at radius 3 is 2.14 bits per heavy atom. The van der Waals surface area contributed by atoms with Crippen LogP contribution in [0.25, 0.3) is 0 Å². The molecule has 0 fully saturated rings. The molecule has 0 aliphatic carbocycles. The van der Waals surface area contributed by atoms with Gasteiger partial charge in [-0.3, -0.25) is 13.9 Å². The van der Waals surface area contributed by atoms with E-state index in [1.165, 1.54) is 4.31 Å². The average Bonchev–Trinajstić information content (AvgIpc) is 2.82. The fourth-order valence-electron chi connectivity index (χ4n) is 4.07. The van der Waals surface area contributed by atoms with E-state index in [1.54, 1.807) is 29.2 Å². The Bertz CT molecular complexity index is 1120. The van der Waals surface area contributed by atoms with Crippen molar-refractivity contribution in [2.75, 3.05) is 23.7 Å². The summed E-state index contributed by atoms with van der Waals surface area (Å²) in [5.74, 6) is 0.281. The molecule has 2 rings (SSSR count). The van der Waals surface area contributed by atoms with Crippen LogP contribution < -0.4 is 14.4 Å². The number of benzene rings is 2. The molecule has 0 saturated heterocycles. The number of carbonyl (C=O) groups excluding carboxylic acids is 2. The van der Waals surface area contributed by atoms with Crippen molar-refractivity contribution >= 4 is 27.5 Å². The fourth-order valence-corrected chi connectivity index (χ4v) is 5.04.